The fraction of sp³-hybridized carbons (Fsp3) is 0.786. The van der Waals surface area contributed by atoms with Crippen LogP contribution in [-0.4, -0.2) is 66.9 Å². The van der Waals surface area contributed by atoms with E-state index in [0.29, 0.717) is 18.3 Å². The molecule has 1 aromatic heterocycles. The first-order valence-electron chi connectivity index (χ1n) is 7.89. The van der Waals surface area contributed by atoms with Gasteiger partial charge in [0.2, 0.25) is 5.89 Å². The molecule has 1 aliphatic heterocycles. The van der Waals surface area contributed by atoms with Crippen molar-refractivity contribution in [2.24, 2.45) is 4.99 Å². The largest absolute Gasteiger partial charge is 0.379 e. The van der Waals surface area contributed by atoms with E-state index in [1.165, 1.54) is 0 Å². The zero-order valence-corrected chi connectivity index (χ0v) is 16.2. The van der Waals surface area contributed by atoms with E-state index in [-0.39, 0.29) is 24.0 Å². The minimum atomic E-state index is 0. The lowest BCUT2D eigenvalue weighted by Gasteiger charge is -2.26. The molecule has 1 aliphatic rings. The van der Waals surface area contributed by atoms with E-state index in [1.54, 1.807) is 6.92 Å². The number of hydrogen-bond donors (Lipinski definition) is 2. The molecule has 2 heterocycles. The van der Waals surface area contributed by atoms with Gasteiger partial charge in [0.05, 0.1) is 13.2 Å². The van der Waals surface area contributed by atoms with E-state index in [4.69, 9.17) is 9.26 Å². The first-order valence-corrected chi connectivity index (χ1v) is 7.89. The molecule has 0 radical (unpaired) electrons. The van der Waals surface area contributed by atoms with Crippen LogP contribution in [0.3, 0.4) is 0 Å². The summed E-state index contributed by atoms with van der Waals surface area (Å²) in [4.78, 5) is 11.0. The maximum atomic E-state index is 5.35. The van der Waals surface area contributed by atoms with Crippen LogP contribution in [0.15, 0.2) is 9.52 Å². The maximum absolute atomic E-state index is 5.35. The summed E-state index contributed by atoms with van der Waals surface area (Å²) in [6.07, 6.45) is 1.07. The van der Waals surface area contributed by atoms with Crippen LogP contribution in [0.5, 0.6) is 0 Å². The Bertz CT molecular complexity index is 462. The summed E-state index contributed by atoms with van der Waals surface area (Å²) in [5.74, 6) is 1.94. The highest BCUT2D eigenvalue weighted by molar-refractivity contribution is 14.0. The second kappa shape index (κ2) is 11.6. The highest BCUT2D eigenvalue weighted by Gasteiger charge is 2.09. The van der Waals surface area contributed by atoms with Crippen LogP contribution in [0.4, 0.5) is 0 Å². The number of nitrogens with one attached hydrogen (secondary N) is 2. The zero-order valence-electron chi connectivity index (χ0n) is 13.9. The molecule has 23 heavy (non-hydrogen) atoms. The molecule has 1 fully saturated rings. The average Bonchev–Trinajstić information content (AvgIpc) is 2.95. The van der Waals surface area contributed by atoms with Gasteiger partial charge in [-0.2, -0.15) is 4.98 Å². The molecule has 0 amide bonds. The third kappa shape index (κ3) is 7.93. The van der Waals surface area contributed by atoms with Gasteiger partial charge in [0.25, 0.3) is 0 Å². The number of aliphatic imine (C=N–C) groups is 1. The number of rotatable bonds is 7. The predicted octanol–water partition coefficient (Wildman–Crippen LogP) is 0.773. The summed E-state index contributed by atoms with van der Waals surface area (Å²) in [5, 5.41) is 10.3. The molecule has 1 saturated heterocycles. The van der Waals surface area contributed by atoms with Crippen LogP contribution in [0.25, 0.3) is 0 Å². The number of morpholine rings is 1. The second-order valence-corrected chi connectivity index (χ2v) is 5.16. The van der Waals surface area contributed by atoms with E-state index in [1.807, 2.05) is 6.92 Å². The van der Waals surface area contributed by atoms with Gasteiger partial charge in [0, 0.05) is 26.2 Å². The molecule has 0 bridgehead atoms. The SMILES string of the molecule is CCNC(=NCc1nc(C)no1)NCCCN1CCOCC1.I. The van der Waals surface area contributed by atoms with Gasteiger partial charge in [-0.3, -0.25) is 4.90 Å². The summed E-state index contributed by atoms with van der Waals surface area (Å²) in [5.41, 5.74) is 0. The van der Waals surface area contributed by atoms with Gasteiger partial charge in [-0.15, -0.1) is 24.0 Å². The van der Waals surface area contributed by atoms with Gasteiger partial charge in [0.1, 0.15) is 6.54 Å². The monoisotopic (exact) mass is 438 g/mol. The van der Waals surface area contributed by atoms with Crippen LogP contribution in [0.1, 0.15) is 25.1 Å². The molecular formula is C14H27IN6O2. The summed E-state index contributed by atoms with van der Waals surface area (Å²) < 4.78 is 10.4. The zero-order chi connectivity index (χ0) is 15.6. The summed E-state index contributed by atoms with van der Waals surface area (Å²) in [6.45, 7) is 10.8. The Morgan fingerprint density at radius 3 is 2.74 bits per heavy atom. The van der Waals surface area contributed by atoms with E-state index in [2.05, 4.69) is 30.7 Å². The number of aryl methyl sites for hydroxylation is 1. The van der Waals surface area contributed by atoms with Gasteiger partial charge < -0.3 is 19.9 Å². The number of halogens is 1. The number of nitrogens with zero attached hydrogens (tertiary/aromatic N) is 4. The summed E-state index contributed by atoms with van der Waals surface area (Å²) in [6, 6.07) is 0. The Morgan fingerprint density at radius 2 is 2.09 bits per heavy atom. The lowest BCUT2D eigenvalue weighted by Crippen LogP contribution is -2.40. The van der Waals surface area contributed by atoms with E-state index >= 15 is 0 Å². The van der Waals surface area contributed by atoms with Gasteiger partial charge in [-0.1, -0.05) is 5.16 Å². The number of ether oxygens (including phenoxy) is 1. The topological polar surface area (TPSA) is 87.8 Å². The van der Waals surface area contributed by atoms with Crippen molar-refractivity contribution >= 4 is 29.9 Å². The van der Waals surface area contributed by atoms with E-state index in [0.717, 1.165) is 58.3 Å². The highest BCUT2D eigenvalue weighted by atomic mass is 127. The van der Waals surface area contributed by atoms with Crippen LogP contribution < -0.4 is 10.6 Å². The normalized spacial score (nSPS) is 16.0. The standard InChI is InChI=1S/C14H26N6O2.HI/c1-3-15-14(17-11-13-18-12(2)19-22-13)16-5-4-6-20-7-9-21-10-8-20;/h3-11H2,1-2H3,(H2,15,16,17);1H. The predicted molar refractivity (Wildman–Crippen MR) is 99.1 cm³/mol. The van der Waals surface area contributed by atoms with Crippen molar-refractivity contribution in [2.75, 3.05) is 45.9 Å². The highest BCUT2D eigenvalue weighted by Crippen LogP contribution is 1.98. The molecule has 9 heteroatoms. The second-order valence-electron chi connectivity index (χ2n) is 5.16. The molecule has 2 rings (SSSR count). The third-order valence-corrected chi connectivity index (χ3v) is 3.33. The van der Waals surface area contributed by atoms with Crippen molar-refractivity contribution in [1.82, 2.24) is 25.7 Å². The van der Waals surface area contributed by atoms with Crippen molar-refractivity contribution in [3.63, 3.8) is 0 Å². The molecule has 1 aromatic rings. The molecule has 0 aromatic carbocycles. The van der Waals surface area contributed by atoms with Crippen LogP contribution in [0, 0.1) is 6.92 Å². The number of hydrogen-bond acceptors (Lipinski definition) is 6. The molecule has 2 N–H and O–H groups in total. The molecule has 132 valence electrons. The van der Waals surface area contributed by atoms with Crippen LogP contribution in [-0.2, 0) is 11.3 Å². The van der Waals surface area contributed by atoms with Crippen molar-refractivity contribution in [3.8, 4) is 0 Å². The van der Waals surface area contributed by atoms with Crippen molar-refractivity contribution in [1.29, 1.82) is 0 Å². The molecule has 0 saturated carbocycles. The fourth-order valence-electron chi connectivity index (χ4n) is 2.23. The first kappa shape index (κ1) is 20.1. The molecular weight excluding hydrogens is 411 g/mol. The number of guanidine groups is 1. The Hall–Kier alpha value is -0.940. The molecule has 0 atom stereocenters. The Kier molecular flexibility index (Phi) is 10.1. The molecule has 0 unspecified atom stereocenters. The average molecular weight is 438 g/mol. The van der Waals surface area contributed by atoms with Crippen LogP contribution >= 0.6 is 24.0 Å². The summed E-state index contributed by atoms with van der Waals surface area (Å²) in [7, 11) is 0. The molecule has 8 nitrogen and oxygen atoms in total. The minimum absolute atomic E-state index is 0. The lowest BCUT2D eigenvalue weighted by atomic mass is 10.3. The Balaban J connectivity index is 0.00000264. The summed E-state index contributed by atoms with van der Waals surface area (Å²) >= 11 is 0. The van der Waals surface area contributed by atoms with Gasteiger partial charge in [0.15, 0.2) is 11.8 Å². The fourth-order valence-corrected chi connectivity index (χ4v) is 2.23. The van der Waals surface area contributed by atoms with Crippen molar-refractivity contribution in [2.45, 2.75) is 26.8 Å². The Morgan fingerprint density at radius 1 is 1.30 bits per heavy atom. The maximum Gasteiger partial charge on any atom is 0.248 e. The molecule has 0 aliphatic carbocycles. The van der Waals surface area contributed by atoms with Gasteiger partial charge in [-0.05, 0) is 26.8 Å². The quantitative estimate of drug-likeness (QED) is 0.282. The number of aromatic nitrogens is 2. The Labute approximate surface area is 154 Å². The van der Waals surface area contributed by atoms with E-state index in [9.17, 15) is 0 Å². The van der Waals surface area contributed by atoms with Crippen molar-refractivity contribution < 1.29 is 9.26 Å². The lowest BCUT2D eigenvalue weighted by molar-refractivity contribution is 0.0376. The smallest absolute Gasteiger partial charge is 0.248 e. The van der Waals surface area contributed by atoms with Crippen molar-refractivity contribution in [3.05, 3.63) is 11.7 Å². The third-order valence-electron chi connectivity index (χ3n) is 3.33. The van der Waals surface area contributed by atoms with Crippen LogP contribution in [0.2, 0.25) is 0 Å². The minimum Gasteiger partial charge on any atom is -0.379 e. The van der Waals surface area contributed by atoms with E-state index < -0.39 is 0 Å². The van der Waals surface area contributed by atoms with Gasteiger partial charge >= 0.3 is 0 Å². The van der Waals surface area contributed by atoms with Gasteiger partial charge in [-0.25, -0.2) is 4.99 Å². The molecule has 0 spiro atoms. The first-order chi connectivity index (χ1) is 10.8.